The van der Waals surface area contributed by atoms with Crippen molar-refractivity contribution >= 4 is 15.8 Å². The summed E-state index contributed by atoms with van der Waals surface area (Å²) < 4.78 is 24.8. The molecule has 0 aliphatic rings. The number of aromatic nitrogens is 3. The quantitative estimate of drug-likeness (QED) is 0.840. The van der Waals surface area contributed by atoms with E-state index in [2.05, 4.69) is 20.3 Å². The molecule has 0 bridgehead atoms. The topological polar surface area (TPSA) is 91.0 Å². The fourth-order valence-corrected chi connectivity index (χ4v) is 2.26. The summed E-state index contributed by atoms with van der Waals surface area (Å²) in [6, 6.07) is 3.14. The molecule has 0 amide bonds. The summed E-state index contributed by atoms with van der Waals surface area (Å²) in [5.41, 5.74) is 0. The van der Waals surface area contributed by atoms with Crippen molar-refractivity contribution in [2.75, 3.05) is 19.4 Å². The van der Waals surface area contributed by atoms with E-state index in [1.54, 1.807) is 18.5 Å². The monoisotopic (exact) mass is 281 g/mol. The zero-order chi connectivity index (χ0) is 13.9. The average Bonchev–Trinajstić information content (AvgIpc) is 2.90. The number of anilines is 1. The largest absolute Gasteiger partial charge is 0.363 e. The summed E-state index contributed by atoms with van der Waals surface area (Å²) in [6.07, 6.45) is 4.73. The van der Waals surface area contributed by atoms with Crippen LogP contribution in [0, 0.1) is 0 Å². The lowest BCUT2D eigenvalue weighted by Crippen LogP contribution is -2.22. The second kappa shape index (κ2) is 5.37. The molecule has 0 saturated carbocycles. The lowest BCUT2D eigenvalue weighted by Gasteiger charge is -2.11. The molecule has 0 atom stereocenters. The zero-order valence-electron chi connectivity index (χ0n) is 10.7. The van der Waals surface area contributed by atoms with Gasteiger partial charge < -0.3 is 10.3 Å². The van der Waals surface area contributed by atoms with Gasteiger partial charge in [-0.25, -0.2) is 22.7 Å². The molecule has 2 aromatic rings. The normalized spacial score (nSPS) is 11.7. The van der Waals surface area contributed by atoms with E-state index in [4.69, 9.17) is 0 Å². The first-order valence-corrected chi connectivity index (χ1v) is 7.05. The minimum Gasteiger partial charge on any atom is -0.363 e. The minimum atomic E-state index is -3.43. The lowest BCUT2D eigenvalue weighted by molar-refractivity contribution is 0.520. The van der Waals surface area contributed by atoms with E-state index in [0.29, 0.717) is 12.4 Å². The van der Waals surface area contributed by atoms with Crippen molar-refractivity contribution in [3.63, 3.8) is 0 Å². The molecule has 0 spiro atoms. The summed E-state index contributed by atoms with van der Waals surface area (Å²) in [5, 5.41) is 3.04. The van der Waals surface area contributed by atoms with Gasteiger partial charge in [0.15, 0.2) is 0 Å². The van der Waals surface area contributed by atoms with Crippen LogP contribution in [-0.4, -0.2) is 41.8 Å². The van der Waals surface area contributed by atoms with Gasteiger partial charge >= 0.3 is 0 Å². The number of hydrogen-bond acceptors (Lipinski definition) is 5. The molecule has 0 fully saturated rings. The number of nitrogens with zero attached hydrogens (tertiary/aromatic N) is 3. The number of nitrogens with one attached hydrogen (secondary N) is 2. The maximum absolute atomic E-state index is 11.8. The van der Waals surface area contributed by atoms with Crippen LogP contribution < -0.4 is 5.32 Å². The maximum Gasteiger partial charge on any atom is 0.244 e. The molecule has 2 N–H and O–H groups in total. The Morgan fingerprint density at radius 2 is 2.11 bits per heavy atom. The molecule has 0 unspecified atom stereocenters. The Balaban J connectivity index is 2.07. The summed E-state index contributed by atoms with van der Waals surface area (Å²) >= 11 is 0. The predicted molar refractivity (Wildman–Crippen MR) is 71.0 cm³/mol. The number of hydrogen-bond donors (Lipinski definition) is 2. The third-order valence-corrected chi connectivity index (χ3v) is 4.31. The molecule has 2 heterocycles. The Hall–Kier alpha value is -1.93. The van der Waals surface area contributed by atoms with Gasteiger partial charge in [0.25, 0.3) is 0 Å². The molecule has 0 aromatic carbocycles. The Morgan fingerprint density at radius 1 is 1.32 bits per heavy atom. The Morgan fingerprint density at radius 3 is 2.63 bits per heavy atom. The Kier molecular flexibility index (Phi) is 3.82. The molecule has 0 saturated heterocycles. The molecular formula is C11H15N5O2S. The van der Waals surface area contributed by atoms with Gasteiger partial charge in [-0.05, 0) is 12.1 Å². The van der Waals surface area contributed by atoms with Crippen LogP contribution >= 0.6 is 0 Å². The predicted octanol–water partition coefficient (Wildman–Crippen LogP) is 0.667. The van der Waals surface area contributed by atoms with Crippen LogP contribution in [0.3, 0.4) is 0 Å². The second-order valence-electron chi connectivity index (χ2n) is 4.06. The third-order valence-electron chi connectivity index (χ3n) is 2.51. The van der Waals surface area contributed by atoms with Gasteiger partial charge in [-0.2, -0.15) is 0 Å². The number of pyridine rings is 1. The molecule has 2 rings (SSSR count). The SMILES string of the molecule is CN(C)S(=O)(=O)c1ccc(NCc2ncc[nH]2)nc1. The zero-order valence-corrected chi connectivity index (χ0v) is 11.5. The van der Waals surface area contributed by atoms with Crippen molar-refractivity contribution < 1.29 is 8.42 Å². The van der Waals surface area contributed by atoms with Crippen molar-refractivity contribution in [2.24, 2.45) is 0 Å². The summed E-state index contributed by atoms with van der Waals surface area (Å²) in [4.78, 5) is 11.3. The van der Waals surface area contributed by atoms with Gasteiger partial charge in [0.2, 0.25) is 10.0 Å². The summed E-state index contributed by atoms with van der Waals surface area (Å²) in [7, 11) is -0.458. The van der Waals surface area contributed by atoms with Crippen molar-refractivity contribution in [1.82, 2.24) is 19.3 Å². The highest BCUT2D eigenvalue weighted by atomic mass is 32.2. The Labute approximate surface area is 111 Å². The molecule has 2 aromatic heterocycles. The van der Waals surface area contributed by atoms with Crippen LogP contribution in [0.15, 0.2) is 35.6 Å². The van der Waals surface area contributed by atoms with E-state index >= 15 is 0 Å². The maximum atomic E-state index is 11.8. The highest BCUT2D eigenvalue weighted by molar-refractivity contribution is 7.89. The van der Waals surface area contributed by atoms with Crippen molar-refractivity contribution in [3.8, 4) is 0 Å². The van der Waals surface area contributed by atoms with E-state index in [9.17, 15) is 8.42 Å². The second-order valence-corrected chi connectivity index (χ2v) is 6.21. The van der Waals surface area contributed by atoms with Gasteiger partial charge in [-0.15, -0.1) is 0 Å². The van der Waals surface area contributed by atoms with Crippen LogP contribution in [0.2, 0.25) is 0 Å². The first-order chi connectivity index (χ1) is 9.00. The molecule has 0 radical (unpaired) electrons. The highest BCUT2D eigenvalue weighted by Gasteiger charge is 2.17. The van der Waals surface area contributed by atoms with E-state index in [0.717, 1.165) is 10.1 Å². The lowest BCUT2D eigenvalue weighted by atomic mass is 10.4. The fraction of sp³-hybridized carbons (Fsp3) is 0.273. The minimum absolute atomic E-state index is 0.168. The van der Waals surface area contributed by atoms with E-state index < -0.39 is 10.0 Å². The number of aromatic amines is 1. The van der Waals surface area contributed by atoms with Gasteiger partial charge in [0, 0.05) is 32.7 Å². The summed E-state index contributed by atoms with van der Waals surface area (Å²) in [6.45, 7) is 0.500. The first kappa shape index (κ1) is 13.5. The molecule has 0 aliphatic heterocycles. The fourth-order valence-electron chi connectivity index (χ4n) is 1.42. The van der Waals surface area contributed by atoms with Crippen LogP contribution in [0.25, 0.3) is 0 Å². The number of rotatable bonds is 5. The molecule has 7 nitrogen and oxygen atoms in total. The van der Waals surface area contributed by atoms with Gasteiger partial charge in [0.05, 0.1) is 6.54 Å². The van der Waals surface area contributed by atoms with Crippen LogP contribution in [0.1, 0.15) is 5.82 Å². The molecular weight excluding hydrogens is 266 g/mol. The van der Waals surface area contributed by atoms with Crippen molar-refractivity contribution in [1.29, 1.82) is 0 Å². The highest BCUT2D eigenvalue weighted by Crippen LogP contribution is 2.14. The molecule has 19 heavy (non-hydrogen) atoms. The van der Waals surface area contributed by atoms with E-state index in [1.807, 2.05) is 0 Å². The number of sulfonamides is 1. The third kappa shape index (κ3) is 3.09. The van der Waals surface area contributed by atoms with Crippen LogP contribution in [0.5, 0.6) is 0 Å². The standard InChI is InChI=1S/C11H15N5O2S/c1-16(2)19(17,18)9-3-4-10(14-7-9)15-8-11-12-5-6-13-11/h3-7H,8H2,1-2H3,(H,12,13)(H,14,15). The van der Waals surface area contributed by atoms with Gasteiger partial charge in [0.1, 0.15) is 16.5 Å². The van der Waals surface area contributed by atoms with Crippen LogP contribution in [0.4, 0.5) is 5.82 Å². The van der Waals surface area contributed by atoms with E-state index in [-0.39, 0.29) is 4.90 Å². The molecule has 102 valence electrons. The smallest absolute Gasteiger partial charge is 0.244 e. The van der Waals surface area contributed by atoms with Crippen molar-refractivity contribution in [2.45, 2.75) is 11.4 Å². The number of imidazole rings is 1. The van der Waals surface area contributed by atoms with Crippen LogP contribution in [-0.2, 0) is 16.6 Å². The molecule has 8 heteroatoms. The van der Waals surface area contributed by atoms with Gasteiger partial charge in [-0.3, -0.25) is 0 Å². The summed E-state index contributed by atoms with van der Waals surface area (Å²) in [5.74, 6) is 1.38. The van der Waals surface area contributed by atoms with Crippen molar-refractivity contribution in [3.05, 3.63) is 36.5 Å². The molecule has 0 aliphatic carbocycles. The van der Waals surface area contributed by atoms with E-state index in [1.165, 1.54) is 26.4 Å². The number of H-pyrrole nitrogens is 1. The average molecular weight is 281 g/mol. The first-order valence-electron chi connectivity index (χ1n) is 5.61. The van der Waals surface area contributed by atoms with Gasteiger partial charge in [-0.1, -0.05) is 0 Å². The Bertz CT molecular complexity index is 620.